The number of thioether (sulfide) groups is 1. The predicted octanol–water partition coefficient (Wildman–Crippen LogP) is 4.64. The maximum atomic E-state index is 13.7. The molecule has 0 bridgehead atoms. The maximum absolute atomic E-state index is 13.7. The molecule has 2 amide bonds. The molecule has 1 aliphatic carbocycles. The van der Waals surface area contributed by atoms with Crippen molar-refractivity contribution in [1.29, 1.82) is 0 Å². The van der Waals surface area contributed by atoms with Crippen LogP contribution in [0.25, 0.3) is 0 Å². The Balaban J connectivity index is 1.37. The van der Waals surface area contributed by atoms with Crippen LogP contribution in [0.5, 0.6) is 0 Å². The van der Waals surface area contributed by atoms with E-state index in [0.717, 1.165) is 54.0 Å². The highest BCUT2D eigenvalue weighted by Crippen LogP contribution is 2.43. The molecule has 9 heteroatoms. The van der Waals surface area contributed by atoms with E-state index in [1.165, 1.54) is 0 Å². The number of anilines is 1. The van der Waals surface area contributed by atoms with E-state index in [-0.39, 0.29) is 18.4 Å². The fourth-order valence-electron chi connectivity index (χ4n) is 4.73. The Morgan fingerprint density at radius 1 is 1.15 bits per heavy atom. The zero-order valence-electron chi connectivity index (χ0n) is 18.1. The minimum absolute atomic E-state index is 0.0297. The minimum Gasteiger partial charge on any atom is -0.467 e. The minimum atomic E-state index is -0.597. The first-order valence-corrected chi connectivity index (χ1v) is 12.6. The van der Waals surface area contributed by atoms with E-state index in [1.54, 1.807) is 28.8 Å². The third-order valence-electron chi connectivity index (χ3n) is 6.47. The number of nitrogens with zero attached hydrogens (tertiary/aromatic N) is 2. The molecule has 7 nitrogen and oxygen atoms in total. The lowest BCUT2D eigenvalue weighted by Crippen LogP contribution is -2.39. The van der Waals surface area contributed by atoms with Gasteiger partial charge >= 0.3 is 0 Å². The van der Waals surface area contributed by atoms with Crippen molar-refractivity contribution in [2.75, 3.05) is 5.32 Å². The van der Waals surface area contributed by atoms with Gasteiger partial charge in [0.15, 0.2) is 0 Å². The van der Waals surface area contributed by atoms with Gasteiger partial charge in [0.1, 0.15) is 18.1 Å². The molecule has 1 fully saturated rings. The summed E-state index contributed by atoms with van der Waals surface area (Å²) in [5.41, 5.74) is 2.33. The van der Waals surface area contributed by atoms with Gasteiger partial charge in [0.2, 0.25) is 11.8 Å². The molecule has 3 aromatic rings. The summed E-state index contributed by atoms with van der Waals surface area (Å²) in [7, 11) is 0. The summed E-state index contributed by atoms with van der Waals surface area (Å²) < 4.78 is 6.90. The van der Waals surface area contributed by atoms with Crippen molar-refractivity contribution in [2.24, 2.45) is 0 Å². The Hall–Kier alpha value is -2.71. The molecule has 1 saturated carbocycles. The summed E-state index contributed by atoms with van der Waals surface area (Å²) in [6.45, 7) is 0.339. The number of rotatable bonds is 7. The molecule has 2 aromatic heterocycles. The van der Waals surface area contributed by atoms with Crippen molar-refractivity contribution < 1.29 is 14.0 Å². The molecule has 1 aliphatic heterocycles. The first-order valence-electron chi connectivity index (χ1n) is 11.1. The number of amides is 2. The van der Waals surface area contributed by atoms with Gasteiger partial charge in [-0.2, -0.15) is 16.9 Å². The average molecular weight is 485 g/mol. The van der Waals surface area contributed by atoms with Crippen molar-refractivity contribution in [3.05, 3.63) is 70.3 Å². The fourth-order valence-corrected chi connectivity index (χ4v) is 5.89. The summed E-state index contributed by atoms with van der Waals surface area (Å²) in [5.74, 6) is 2.63. The Kier molecular flexibility index (Phi) is 6.21. The van der Waals surface area contributed by atoms with E-state index in [9.17, 15) is 9.59 Å². The predicted molar refractivity (Wildman–Crippen MR) is 128 cm³/mol. The van der Waals surface area contributed by atoms with Crippen molar-refractivity contribution in [2.45, 2.75) is 55.7 Å². The Bertz CT molecular complexity index is 1150. The lowest BCUT2D eigenvalue weighted by molar-refractivity contribution is -0.123. The molecular weight excluding hydrogens is 460 g/mol. The van der Waals surface area contributed by atoms with Gasteiger partial charge in [-0.05, 0) is 42.7 Å². The van der Waals surface area contributed by atoms with Gasteiger partial charge in [-0.3, -0.25) is 9.59 Å². The number of carbonyl (C=O) groups is 2. The largest absolute Gasteiger partial charge is 0.467 e. The number of benzene rings is 1. The lowest BCUT2D eigenvalue weighted by Gasteiger charge is -2.28. The molecule has 0 radical (unpaired) electrons. The van der Waals surface area contributed by atoms with E-state index < -0.39 is 5.41 Å². The lowest BCUT2D eigenvalue weighted by atomic mass is 9.78. The van der Waals surface area contributed by atoms with Gasteiger partial charge in [-0.15, -0.1) is 0 Å². The monoisotopic (exact) mass is 484 g/mol. The zero-order chi connectivity index (χ0) is 22.8. The molecule has 0 saturated heterocycles. The summed E-state index contributed by atoms with van der Waals surface area (Å²) in [6, 6.07) is 11.2. The van der Waals surface area contributed by atoms with Gasteiger partial charge < -0.3 is 15.1 Å². The highest BCUT2D eigenvalue weighted by Gasteiger charge is 2.43. The van der Waals surface area contributed by atoms with Crippen LogP contribution in [-0.2, 0) is 39.6 Å². The highest BCUT2D eigenvalue weighted by atomic mass is 35.5. The third-order valence-corrected chi connectivity index (χ3v) is 7.70. The number of hydrogen-bond donors (Lipinski definition) is 2. The number of fused-ring (bicyclic) bond motifs is 1. The molecule has 172 valence electrons. The van der Waals surface area contributed by atoms with Crippen LogP contribution < -0.4 is 10.6 Å². The molecule has 5 rings (SSSR count). The zero-order valence-corrected chi connectivity index (χ0v) is 19.7. The van der Waals surface area contributed by atoms with E-state index >= 15 is 0 Å². The second-order valence-corrected chi connectivity index (χ2v) is 9.95. The van der Waals surface area contributed by atoms with E-state index in [1.807, 2.05) is 30.3 Å². The highest BCUT2D eigenvalue weighted by molar-refractivity contribution is 7.98. The van der Waals surface area contributed by atoms with Crippen LogP contribution in [0, 0.1) is 0 Å². The Morgan fingerprint density at radius 2 is 1.94 bits per heavy atom. The number of nitrogens with one attached hydrogen (secondary N) is 2. The van der Waals surface area contributed by atoms with Gasteiger partial charge in [-0.25, -0.2) is 4.68 Å². The summed E-state index contributed by atoms with van der Waals surface area (Å²) in [4.78, 5) is 26.3. The van der Waals surface area contributed by atoms with Crippen LogP contribution in [0.3, 0.4) is 0 Å². The van der Waals surface area contributed by atoms with Crippen LogP contribution in [0.4, 0.5) is 5.82 Å². The molecule has 1 aromatic carbocycles. The Labute approximate surface area is 201 Å². The van der Waals surface area contributed by atoms with E-state index in [0.29, 0.717) is 23.1 Å². The van der Waals surface area contributed by atoms with Gasteiger partial charge in [0.25, 0.3) is 0 Å². The molecular formula is C24H25ClN4O3S. The first-order chi connectivity index (χ1) is 16.0. The topological polar surface area (TPSA) is 89.2 Å². The average Bonchev–Trinajstić information content (AvgIpc) is 3.60. The third kappa shape index (κ3) is 4.42. The van der Waals surface area contributed by atoms with Gasteiger partial charge in [-0.1, -0.05) is 36.6 Å². The van der Waals surface area contributed by atoms with Gasteiger partial charge in [0.05, 0.1) is 23.9 Å². The molecule has 0 spiro atoms. The number of furan rings is 1. The van der Waals surface area contributed by atoms with Crippen LogP contribution >= 0.6 is 23.4 Å². The smallest absolute Gasteiger partial charge is 0.242 e. The van der Waals surface area contributed by atoms with E-state index in [4.69, 9.17) is 16.0 Å². The molecule has 2 aliphatic rings. The number of carbonyl (C=O) groups excluding carboxylic acids is 2. The second-order valence-electron chi connectivity index (χ2n) is 8.53. The SMILES string of the molecule is O=C(Cn1nc2c(c1NC(=O)C1(c3ccc(Cl)cc3)CCCC1)CSC2)NCc1ccco1. The maximum Gasteiger partial charge on any atom is 0.242 e. The number of halogens is 1. The molecule has 2 N–H and O–H groups in total. The Morgan fingerprint density at radius 3 is 2.67 bits per heavy atom. The first kappa shape index (κ1) is 22.1. The quantitative estimate of drug-likeness (QED) is 0.509. The van der Waals surface area contributed by atoms with Gasteiger partial charge in [0, 0.05) is 22.1 Å². The summed E-state index contributed by atoms with van der Waals surface area (Å²) in [5, 5.41) is 11.3. The van der Waals surface area contributed by atoms with Crippen LogP contribution in [0.2, 0.25) is 5.02 Å². The standard InChI is InChI=1S/C24H25ClN4O3S/c25-17-7-5-16(6-8-17)24(9-1-2-10-24)23(31)27-22-19-14-33-15-20(19)28-29(22)13-21(30)26-12-18-4-3-11-32-18/h3-8,11H,1-2,9-10,12-15H2,(H,26,30)(H,27,31). The summed E-state index contributed by atoms with van der Waals surface area (Å²) >= 11 is 7.85. The fraction of sp³-hybridized carbons (Fsp3) is 0.375. The number of aromatic nitrogens is 2. The molecule has 0 unspecified atom stereocenters. The molecule has 33 heavy (non-hydrogen) atoms. The van der Waals surface area contributed by atoms with E-state index in [2.05, 4.69) is 15.7 Å². The molecule has 3 heterocycles. The summed E-state index contributed by atoms with van der Waals surface area (Å²) in [6.07, 6.45) is 5.14. The molecule has 0 atom stereocenters. The van der Waals surface area contributed by atoms with Crippen molar-refractivity contribution in [1.82, 2.24) is 15.1 Å². The van der Waals surface area contributed by atoms with Crippen molar-refractivity contribution in [3.8, 4) is 0 Å². The van der Waals surface area contributed by atoms with Crippen molar-refractivity contribution >= 4 is 41.0 Å². The number of hydrogen-bond acceptors (Lipinski definition) is 5. The second kappa shape index (κ2) is 9.27. The van der Waals surface area contributed by atoms with Crippen molar-refractivity contribution in [3.63, 3.8) is 0 Å². The van der Waals surface area contributed by atoms with Crippen LogP contribution in [0.1, 0.15) is 48.3 Å². The van der Waals surface area contributed by atoms with Crippen LogP contribution in [0.15, 0.2) is 47.1 Å². The van der Waals surface area contributed by atoms with Crippen LogP contribution in [-0.4, -0.2) is 21.6 Å². The normalized spacial score (nSPS) is 16.5.